The van der Waals surface area contributed by atoms with E-state index in [0.717, 1.165) is 10.9 Å². The van der Waals surface area contributed by atoms with Crippen LogP contribution in [0.1, 0.15) is 19.4 Å². The number of carbonyl (C=O) groups excluding carboxylic acids is 1. The van der Waals surface area contributed by atoms with Crippen molar-refractivity contribution in [3.8, 4) is 5.75 Å². The zero-order valence-electron chi connectivity index (χ0n) is 14.7. The van der Waals surface area contributed by atoms with Gasteiger partial charge in [-0.15, -0.1) is 0 Å². The molecule has 1 heterocycles. The second kappa shape index (κ2) is 7.80. The lowest BCUT2D eigenvalue weighted by molar-refractivity contribution is -0.122. The van der Waals surface area contributed by atoms with Crippen LogP contribution in [0.25, 0.3) is 11.0 Å². The summed E-state index contributed by atoms with van der Waals surface area (Å²) in [5, 5.41) is 3.34. The molecule has 1 atom stereocenters. The van der Waals surface area contributed by atoms with Crippen LogP contribution in [0.15, 0.2) is 51.7 Å². The van der Waals surface area contributed by atoms with Crippen LogP contribution in [0, 0.1) is 5.82 Å². The fourth-order valence-corrected chi connectivity index (χ4v) is 2.83. The summed E-state index contributed by atoms with van der Waals surface area (Å²) in [7, 11) is 0. The minimum atomic E-state index is -0.840. The molecule has 0 fully saturated rings. The minimum Gasteiger partial charge on any atom is -0.481 e. The molecule has 5 nitrogen and oxygen atoms in total. The van der Waals surface area contributed by atoms with Gasteiger partial charge in [-0.1, -0.05) is 18.5 Å². The molecule has 0 aliphatic carbocycles. The molecule has 0 bridgehead atoms. The topological polar surface area (TPSA) is 68.5 Å². The van der Waals surface area contributed by atoms with Crippen molar-refractivity contribution in [2.24, 2.45) is 0 Å². The molecular formula is C20H17ClFNO4. The SMILES string of the molecule is CCc1cc(=O)oc2cc(OC(C)C(=O)Nc3ccc(F)c(Cl)c3)ccc12. The zero-order chi connectivity index (χ0) is 19.6. The second-order valence-electron chi connectivity index (χ2n) is 5.98. The first kappa shape index (κ1) is 18.9. The summed E-state index contributed by atoms with van der Waals surface area (Å²) in [6, 6.07) is 10.4. The van der Waals surface area contributed by atoms with Gasteiger partial charge in [-0.25, -0.2) is 9.18 Å². The van der Waals surface area contributed by atoms with Gasteiger partial charge in [0.25, 0.3) is 5.91 Å². The predicted molar refractivity (Wildman–Crippen MR) is 102 cm³/mol. The molecular weight excluding hydrogens is 373 g/mol. The first-order valence-electron chi connectivity index (χ1n) is 8.36. The van der Waals surface area contributed by atoms with Gasteiger partial charge in [-0.3, -0.25) is 4.79 Å². The number of hydrogen-bond donors (Lipinski definition) is 1. The van der Waals surface area contributed by atoms with E-state index in [1.165, 1.54) is 24.3 Å². The van der Waals surface area contributed by atoms with E-state index in [0.29, 0.717) is 23.4 Å². The average molecular weight is 390 g/mol. The maximum absolute atomic E-state index is 13.2. The van der Waals surface area contributed by atoms with Gasteiger partial charge in [-0.2, -0.15) is 0 Å². The van der Waals surface area contributed by atoms with Gasteiger partial charge in [0.2, 0.25) is 0 Å². The number of aryl methyl sites for hydroxylation is 1. The Morgan fingerprint density at radius 3 is 2.74 bits per heavy atom. The first-order valence-corrected chi connectivity index (χ1v) is 8.74. The standard InChI is InChI=1S/C20H17ClFNO4/c1-3-12-8-19(24)27-18-10-14(5-6-15(12)18)26-11(2)20(25)23-13-4-7-17(22)16(21)9-13/h4-11H,3H2,1-2H3,(H,23,25). The van der Waals surface area contributed by atoms with Crippen molar-refractivity contribution < 1.29 is 18.3 Å². The molecule has 0 radical (unpaired) electrons. The zero-order valence-corrected chi connectivity index (χ0v) is 15.5. The molecule has 7 heteroatoms. The fraction of sp³-hybridized carbons (Fsp3) is 0.200. The Balaban J connectivity index is 1.76. The van der Waals surface area contributed by atoms with Crippen molar-refractivity contribution in [3.05, 3.63) is 69.3 Å². The molecule has 27 heavy (non-hydrogen) atoms. The van der Waals surface area contributed by atoms with E-state index in [1.54, 1.807) is 25.1 Å². The summed E-state index contributed by atoms with van der Waals surface area (Å²) in [5.41, 5.74) is 1.20. The number of amides is 1. The summed E-state index contributed by atoms with van der Waals surface area (Å²) < 4.78 is 24.1. The van der Waals surface area contributed by atoms with Gasteiger partial charge in [0, 0.05) is 23.2 Å². The number of carbonyl (C=O) groups is 1. The Morgan fingerprint density at radius 1 is 1.26 bits per heavy atom. The summed E-state index contributed by atoms with van der Waals surface area (Å²) >= 11 is 5.71. The van der Waals surface area contributed by atoms with Crippen molar-refractivity contribution in [3.63, 3.8) is 0 Å². The quantitative estimate of drug-likeness (QED) is 0.650. The highest BCUT2D eigenvalue weighted by Crippen LogP contribution is 2.24. The molecule has 1 N–H and O–H groups in total. The van der Waals surface area contributed by atoms with Gasteiger partial charge in [0.15, 0.2) is 6.10 Å². The van der Waals surface area contributed by atoms with E-state index in [-0.39, 0.29) is 5.02 Å². The second-order valence-corrected chi connectivity index (χ2v) is 6.39. The molecule has 2 aromatic carbocycles. The monoisotopic (exact) mass is 389 g/mol. The number of nitrogens with one attached hydrogen (secondary N) is 1. The number of hydrogen-bond acceptors (Lipinski definition) is 4. The highest BCUT2D eigenvalue weighted by atomic mass is 35.5. The van der Waals surface area contributed by atoms with Crippen molar-refractivity contribution in [2.75, 3.05) is 5.32 Å². The van der Waals surface area contributed by atoms with E-state index < -0.39 is 23.5 Å². The smallest absolute Gasteiger partial charge is 0.336 e. The van der Waals surface area contributed by atoms with Gasteiger partial charge in [0.05, 0.1) is 5.02 Å². The van der Waals surface area contributed by atoms with Gasteiger partial charge >= 0.3 is 5.63 Å². The van der Waals surface area contributed by atoms with Gasteiger partial charge < -0.3 is 14.5 Å². The lowest BCUT2D eigenvalue weighted by Gasteiger charge is -2.15. The fourth-order valence-electron chi connectivity index (χ4n) is 2.65. The summed E-state index contributed by atoms with van der Waals surface area (Å²) in [6.07, 6.45) is -0.145. The molecule has 1 aromatic heterocycles. The van der Waals surface area contributed by atoms with E-state index in [9.17, 15) is 14.0 Å². The van der Waals surface area contributed by atoms with E-state index in [2.05, 4.69) is 5.32 Å². The van der Waals surface area contributed by atoms with Crippen LogP contribution < -0.4 is 15.7 Å². The first-order chi connectivity index (χ1) is 12.9. The number of rotatable bonds is 5. The van der Waals surface area contributed by atoms with E-state index >= 15 is 0 Å². The molecule has 1 unspecified atom stereocenters. The molecule has 0 aliphatic rings. The van der Waals surface area contributed by atoms with Crippen molar-refractivity contribution >= 4 is 34.2 Å². The number of benzene rings is 2. The summed E-state index contributed by atoms with van der Waals surface area (Å²) in [5.74, 6) is -0.608. The molecule has 3 rings (SSSR count). The van der Waals surface area contributed by atoms with E-state index in [1.807, 2.05) is 6.92 Å². The third-order valence-corrected chi connectivity index (χ3v) is 4.34. The lowest BCUT2D eigenvalue weighted by Crippen LogP contribution is -2.30. The summed E-state index contributed by atoms with van der Waals surface area (Å²) in [6.45, 7) is 3.52. The van der Waals surface area contributed by atoms with Crippen LogP contribution in [0.3, 0.4) is 0 Å². The molecule has 0 saturated carbocycles. The molecule has 0 spiro atoms. The van der Waals surface area contributed by atoms with Crippen LogP contribution in [0.5, 0.6) is 5.75 Å². The number of halogens is 2. The Morgan fingerprint density at radius 2 is 2.04 bits per heavy atom. The Labute approximate surface area is 159 Å². The van der Waals surface area contributed by atoms with Crippen LogP contribution in [0.4, 0.5) is 10.1 Å². The van der Waals surface area contributed by atoms with Crippen molar-refractivity contribution in [2.45, 2.75) is 26.4 Å². The van der Waals surface area contributed by atoms with Gasteiger partial charge in [0.1, 0.15) is 17.1 Å². The van der Waals surface area contributed by atoms with E-state index in [4.69, 9.17) is 20.8 Å². The predicted octanol–water partition coefficient (Wildman–Crippen LogP) is 4.55. The molecule has 140 valence electrons. The number of anilines is 1. The third-order valence-electron chi connectivity index (χ3n) is 4.05. The van der Waals surface area contributed by atoms with Crippen LogP contribution in [-0.2, 0) is 11.2 Å². The highest BCUT2D eigenvalue weighted by Gasteiger charge is 2.16. The van der Waals surface area contributed by atoms with Crippen molar-refractivity contribution in [1.82, 2.24) is 0 Å². The van der Waals surface area contributed by atoms with Crippen molar-refractivity contribution in [1.29, 1.82) is 0 Å². The van der Waals surface area contributed by atoms with Crippen LogP contribution in [-0.4, -0.2) is 12.0 Å². The third kappa shape index (κ3) is 4.28. The van der Waals surface area contributed by atoms with Crippen LogP contribution in [0.2, 0.25) is 5.02 Å². The Bertz CT molecular complexity index is 1060. The normalized spacial score (nSPS) is 12.0. The molecule has 3 aromatic rings. The number of ether oxygens (including phenoxy) is 1. The molecule has 0 saturated heterocycles. The average Bonchev–Trinajstić information content (AvgIpc) is 2.63. The largest absolute Gasteiger partial charge is 0.481 e. The Hall–Kier alpha value is -2.86. The maximum atomic E-state index is 13.2. The van der Waals surface area contributed by atoms with Crippen LogP contribution >= 0.6 is 11.6 Å². The maximum Gasteiger partial charge on any atom is 0.336 e. The lowest BCUT2D eigenvalue weighted by atomic mass is 10.1. The molecule has 1 amide bonds. The number of fused-ring (bicyclic) bond motifs is 1. The summed E-state index contributed by atoms with van der Waals surface area (Å²) in [4.78, 5) is 23.9. The molecule has 0 aliphatic heterocycles. The highest BCUT2D eigenvalue weighted by molar-refractivity contribution is 6.31. The van der Waals surface area contributed by atoms with Gasteiger partial charge in [-0.05, 0) is 49.2 Å². The Kier molecular flexibility index (Phi) is 5.46. The minimum absolute atomic E-state index is 0.0855.